The van der Waals surface area contributed by atoms with Crippen LogP contribution in [0, 0.1) is 0 Å². The van der Waals surface area contributed by atoms with Gasteiger partial charge in [0.25, 0.3) is 27.8 Å². The van der Waals surface area contributed by atoms with E-state index in [4.69, 9.17) is 51.2 Å². The fraction of sp³-hybridized carbons (Fsp3) is 0.771. The monoisotopic (exact) mass is 1060 g/mol. The average molecular weight is 1070 g/mol. The predicted octanol–water partition coefficient (Wildman–Crippen LogP) is 6.25. The molecule has 1 aromatic rings. The summed E-state index contributed by atoms with van der Waals surface area (Å²) < 4.78 is 87.0. The number of hydrogen-bond acceptors (Lipinski definition) is 12. The van der Waals surface area contributed by atoms with Crippen LogP contribution < -0.4 is 0 Å². The molecule has 1 atom stereocenters. The first kappa shape index (κ1) is 59.3. The van der Waals surface area contributed by atoms with Crippen LogP contribution in [0.1, 0.15) is 47.1 Å². The SMILES string of the molecule is CC(C)(C)[Si](O[Si](C=Cc1ccccc1)(O[SiH3])O[Si](O[Si](C)(C)C)(O[Si](C)(C)C)O[Si](C)(C)C(O[Si](C)(C)C)(O[Si](C)(C)C)O[Si](C)(C)C)(C(C)(C)C)C(O[SiH3])(O[SiH3])O[SiH3]. The third-order valence-corrected chi connectivity index (χ3v) is 39.6. The van der Waals surface area contributed by atoms with Crippen molar-refractivity contribution < 1.29 is 51.2 Å². The Morgan fingerprint density at radius 2 is 0.817 bits per heavy atom. The molecule has 25 heteroatoms. The number of hydrogen-bond donors (Lipinski definition) is 0. The molecule has 0 aromatic heterocycles. The van der Waals surface area contributed by atoms with Crippen LogP contribution in [0.4, 0.5) is 0 Å². The summed E-state index contributed by atoms with van der Waals surface area (Å²) in [6.07, 6.45) is 2.02. The summed E-state index contributed by atoms with van der Waals surface area (Å²) >= 11 is 0. The molecule has 1 unspecified atom stereocenters. The van der Waals surface area contributed by atoms with Gasteiger partial charge in [0.15, 0.2) is 73.0 Å². The first-order valence-electron chi connectivity index (χ1n) is 21.0. The Morgan fingerprint density at radius 1 is 0.450 bits per heavy atom. The minimum absolute atomic E-state index is 0.243. The highest BCUT2D eigenvalue weighted by molar-refractivity contribution is 6.96. The van der Waals surface area contributed by atoms with Crippen molar-refractivity contribution in [1.29, 1.82) is 0 Å². The molecule has 0 aliphatic heterocycles. The van der Waals surface area contributed by atoms with E-state index in [0.29, 0.717) is 31.5 Å². The van der Waals surface area contributed by atoms with E-state index in [0.717, 1.165) is 5.56 Å². The summed E-state index contributed by atoms with van der Waals surface area (Å²) in [6.45, 7) is 49.5. The van der Waals surface area contributed by atoms with Gasteiger partial charge in [0, 0.05) is 0 Å². The summed E-state index contributed by atoms with van der Waals surface area (Å²) in [6, 6.07) is 10.1. The Balaban J connectivity index is 4.82. The van der Waals surface area contributed by atoms with E-state index in [-0.39, 0.29) is 10.5 Å². The van der Waals surface area contributed by atoms with E-state index in [1.165, 1.54) is 0 Å². The van der Waals surface area contributed by atoms with Crippen molar-refractivity contribution in [1.82, 2.24) is 0 Å². The van der Waals surface area contributed by atoms with Gasteiger partial charge in [0.2, 0.25) is 0 Å². The van der Waals surface area contributed by atoms with Crippen molar-refractivity contribution >= 4 is 124 Å². The van der Waals surface area contributed by atoms with Crippen LogP contribution in [-0.2, 0) is 51.2 Å². The zero-order valence-electron chi connectivity index (χ0n) is 42.9. The Hall–Kier alpha value is 1.30. The highest BCUT2D eigenvalue weighted by atomic mass is 28.6. The normalized spacial score (nSPS) is 17.4. The summed E-state index contributed by atoms with van der Waals surface area (Å²) in [5.41, 5.74) is 0.0124. The molecule has 0 radical (unpaired) electrons. The van der Waals surface area contributed by atoms with E-state index in [1.807, 2.05) is 42.1 Å². The molecule has 0 aliphatic carbocycles. The van der Waals surface area contributed by atoms with E-state index < -0.39 is 97.3 Å². The lowest BCUT2D eigenvalue weighted by Crippen LogP contribution is -2.79. The number of benzene rings is 1. The predicted molar refractivity (Wildman–Crippen MR) is 285 cm³/mol. The maximum Gasteiger partial charge on any atom is 0.640 e. The zero-order chi connectivity index (χ0) is 47.5. The van der Waals surface area contributed by atoms with Crippen molar-refractivity contribution in [2.75, 3.05) is 0 Å². The van der Waals surface area contributed by atoms with Gasteiger partial charge in [-0.15, -0.1) is 0 Å². The molecule has 60 heavy (non-hydrogen) atoms. The molecule has 0 N–H and O–H groups in total. The summed E-state index contributed by atoms with van der Waals surface area (Å²) in [5.74, 6) is 0. The van der Waals surface area contributed by atoms with Crippen molar-refractivity contribution in [3.63, 3.8) is 0 Å². The minimum atomic E-state index is -4.44. The third kappa shape index (κ3) is 16.3. The molecule has 0 aliphatic rings. The maximum absolute atomic E-state index is 8.03. The summed E-state index contributed by atoms with van der Waals surface area (Å²) in [5, 5.41) is -1.08. The highest BCUT2D eigenvalue weighted by Gasteiger charge is 2.75. The van der Waals surface area contributed by atoms with Crippen molar-refractivity contribution in [3.8, 4) is 0 Å². The van der Waals surface area contributed by atoms with E-state index in [2.05, 4.69) is 153 Å². The Labute approximate surface area is 388 Å². The van der Waals surface area contributed by atoms with Crippen molar-refractivity contribution in [2.45, 2.75) is 174 Å². The molecular formula is C35H88O12Si13. The molecule has 1 aromatic carbocycles. The first-order valence-corrected chi connectivity index (χ1v) is 49.6. The van der Waals surface area contributed by atoms with Gasteiger partial charge in [0.1, 0.15) is 10.5 Å². The summed E-state index contributed by atoms with van der Waals surface area (Å²) in [4.78, 5) is 0. The van der Waals surface area contributed by atoms with Gasteiger partial charge in [-0.3, -0.25) is 0 Å². The smallest absolute Gasteiger partial charge is 0.422 e. The largest absolute Gasteiger partial charge is 0.640 e. The highest BCUT2D eigenvalue weighted by Crippen LogP contribution is 2.59. The second-order valence-electron chi connectivity index (χ2n) is 22.8. The molecule has 0 bridgehead atoms. The maximum atomic E-state index is 8.03. The molecular weight excluding hydrogens is 977 g/mol. The molecule has 0 fully saturated rings. The van der Waals surface area contributed by atoms with Gasteiger partial charge in [-0.05, 0) is 133 Å². The van der Waals surface area contributed by atoms with Crippen LogP contribution in [0.3, 0.4) is 0 Å². The quantitative estimate of drug-likeness (QED) is 0.0864. The lowest BCUT2D eigenvalue weighted by Gasteiger charge is -2.60. The van der Waals surface area contributed by atoms with E-state index in [9.17, 15) is 0 Å². The molecule has 0 spiro atoms. The van der Waals surface area contributed by atoms with Gasteiger partial charge in [0.05, 0.1) is 0 Å². The van der Waals surface area contributed by atoms with E-state index in [1.54, 1.807) is 0 Å². The Bertz CT molecular complexity index is 1440. The first-order chi connectivity index (χ1) is 26.5. The van der Waals surface area contributed by atoms with Gasteiger partial charge in [-0.2, -0.15) is 0 Å². The zero-order valence-corrected chi connectivity index (χ0v) is 59.9. The average Bonchev–Trinajstić information content (AvgIpc) is 2.98. The lowest BCUT2D eigenvalue weighted by molar-refractivity contribution is -0.219. The second-order valence-corrected chi connectivity index (χ2v) is 62.7. The van der Waals surface area contributed by atoms with Crippen LogP contribution in [0.25, 0.3) is 6.08 Å². The van der Waals surface area contributed by atoms with Crippen LogP contribution >= 0.6 is 0 Å². The minimum Gasteiger partial charge on any atom is -0.422 e. The molecule has 0 amide bonds. The van der Waals surface area contributed by atoms with Crippen molar-refractivity contribution in [2.24, 2.45) is 0 Å². The van der Waals surface area contributed by atoms with E-state index >= 15 is 0 Å². The van der Waals surface area contributed by atoms with Gasteiger partial charge in [-0.25, -0.2) is 0 Å². The summed E-state index contributed by atoms with van der Waals surface area (Å²) in [7, 11) is -26.9. The van der Waals surface area contributed by atoms with Gasteiger partial charge >= 0.3 is 17.9 Å². The van der Waals surface area contributed by atoms with Crippen LogP contribution in [-0.4, -0.2) is 129 Å². The fourth-order valence-corrected chi connectivity index (χ4v) is 48.0. The van der Waals surface area contributed by atoms with Crippen LogP contribution in [0.2, 0.25) is 121 Å². The standard InChI is InChI=1S/C35H88O12Si13/c1-32(2,3)59(33(4,5)6,34(36-48,37-49)38-50)46-58(42-51,30-29-31-27-25-24-26-28-31)47-60(43-55(16,17)18,44-56(19,20)21)45-57(22,23)35(39-52(7,8)9,40-53(10,11)12)41-54(13,14)15/h24-30H,1-23,48-51H3. The molecule has 12 nitrogen and oxygen atoms in total. The van der Waals surface area contributed by atoms with Gasteiger partial charge < -0.3 is 51.2 Å². The molecule has 0 saturated carbocycles. The Morgan fingerprint density at radius 3 is 1.10 bits per heavy atom. The van der Waals surface area contributed by atoms with Gasteiger partial charge in [-0.1, -0.05) is 78.0 Å². The third-order valence-electron chi connectivity index (χ3n) is 8.78. The molecule has 0 heterocycles. The second kappa shape index (κ2) is 20.7. The topological polar surface area (TPSA) is 111 Å². The van der Waals surface area contributed by atoms with Crippen molar-refractivity contribution in [3.05, 3.63) is 41.6 Å². The fourth-order valence-electron chi connectivity index (χ4n) is 7.37. The molecule has 1 rings (SSSR count). The molecule has 352 valence electrons. The Kier molecular flexibility index (Phi) is 20.4. The molecule has 0 saturated heterocycles. The van der Waals surface area contributed by atoms with Crippen LogP contribution in [0.15, 0.2) is 36.0 Å². The lowest BCUT2D eigenvalue weighted by atomic mass is 10.2. The van der Waals surface area contributed by atoms with Crippen LogP contribution in [0.5, 0.6) is 0 Å². The number of rotatable bonds is 24.